The molecule has 0 aliphatic rings. The fraction of sp³-hybridized carbons (Fsp3) is 0.357. The maximum atomic E-state index is 11.1. The van der Waals surface area contributed by atoms with E-state index in [2.05, 4.69) is 6.58 Å². The molecule has 0 saturated carbocycles. The monoisotopic (exact) mass is 284 g/mol. The summed E-state index contributed by atoms with van der Waals surface area (Å²) in [6, 6.07) is 7.30. The molecule has 5 heteroatoms. The lowest BCUT2D eigenvalue weighted by Crippen LogP contribution is -2.23. The predicted octanol–water partition coefficient (Wildman–Crippen LogP) is 2.34. The summed E-state index contributed by atoms with van der Waals surface area (Å²) in [7, 11) is 0. The Hall–Kier alpha value is -1.36. The summed E-state index contributed by atoms with van der Waals surface area (Å²) < 4.78 is 10.1. The molecule has 19 heavy (non-hydrogen) atoms. The van der Waals surface area contributed by atoms with Crippen LogP contribution in [0.3, 0.4) is 0 Å². The van der Waals surface area contributed by atoms with Crippen molar-refractivity contribution in [2.75, 3.05) is 13.2 Å². The lowest BCUT2D eigenvalue weighted by molar-refractivity contribution is -0.143. The Morgan fingerprint density at radius 3 is 2.74 bits per heavy atom. The van der Waals surface area contributed by atoms with Crippen molar-refractivity contribution in [3.8, 4) is 0 Å². The van der Waals surface area contributed by atoms with Gasteiger partial charge in [0, 0.05) is 10.6 Å². The van der Waals surface area contributed by atoms with Crippen LogP contribution in [0.15, 0.2) is 36.4 Å². The van der Waals surface area contributed by atoms with E-state index in [-0.39, 0.29) is 13.2 Å². The summed E-state index contributed by atoms with van der Waals surface area (Å²) in [4.78, 5) is 11.1. The first-order chi connectivity index (χ1) is 9.00. The first-order valence-electron chi connectivity index (χ1n) is 5.82. The van der Waals surface area contributed by atoms with Crippen molar-refractivity contribution >= 4 is 17.6 Å². The number of carbonyl (C=O) groups excluding carboxylic acids is 1. The third-order valence-corrected chi connectivity index (χ3v) is 2.65. The molecule has 1 rings (SSSR count). The van der Waals surface area contributed by atoms with Gasteiger partial charge in [-0.3, -0.25) is 0 Å². The molecule has 0 amide bonds. The van der Waals surface area contributed by atoms with E-state index in [1.54, 1.807) is 13.0 Å². The highest BCUT2D eigenvalue weighted by Crippen LogP contribution is 2.15. The van der Waals surface area contributed by atoms with Gasteiger partial charge in [0.2, 0.25) is 0 Å². The van der Waals surface area contributed by atoms with E-state index >= 15 is 0 Å². The minimum Gasteiger partial charge on any atom is -0.460 e. The summed E-state index contributed by atoms with van der Waals surface area (Å²) in [5.41, 5.74) is 1.14. The summed E-state index contributed by atoms with van der Waals surface area (Å²) >= 11 is 5.96. The van der Waals surface area contributed by atoms with Crippen LogP contribution in [-0.2, 0) is 20.9 Å². The molecule has 0 aromatic heterocycles. The summed E-state index contributed by atoms with van der Waals surface area (Å²) in [6.07, 6.45) is -0.870. The van der Waals surface area contributed by atoms with Crippen LogP contribution in [-0.4, -0.2) is 30.4 Å². The number of rotatable bonds is 7. The maximum absolute atomic E-state index is 11.1. The Morgan fingerprint density at radius 1 is 1.42 bits per heavy atom. The van der Waals surface area contributed by atoms with Crippen molar-refractivity contribution in [3.63, 3.8) is 0 Å². The molecule has 0 heterocycles. The largest absolute Gasteiger partial charge is 0.460 e. The van der Waals surface area contributed by atoms with Gasteiger partial charge < -0.3 is 14.6 Å². The van der Waals surface area contributed by atoms with Crippen LogP contribution in [0, 0.1) is 0 Å². The van der Waals surface area contributed by atoms with Gasteiger partial charge in [-0.25, -0.2) is 4.79 Å². The van der Waals surface area contributed by atoms with Crippen LogP contribution < -0.4 is 0 Å². The van der Waals surface area contributed by atoms with Gasteiger partial charge in [0.1, 0.15) is 12.7 Å². The van der Waals surface area contributed by atoms with E-state index in [9.17, 15) is 9.90 Å². The average Bonchev–Trinajstić information content (AvgIpc) is 2.38. The first kappa shape index (κ1) is 15.7. The van der Waals surface area contributed by atoms with Crippen LogP contribution in [0.4, 0.5) is 0 Å². The van der Waals surface area contributed by atoms with Crippen molar-refractivity contribution in [2.45, 2.75) is 19.6 Å². The van der Waals surface area contributed by atoms with E-state index in [1.807, 2.05) is 18.2 Å². The number of benzene rings is 1. The van der Waals surface area contributed by atoms with Gasteiger partial charge in [-0.15, -0.1) is 0 Å². The molecule has 104 valence electrons. The summed E-state index contributed by atoms with van der Waals surface area (Å²) in [5.74, 6) is -0.523. The number of hydrogen-bond acceptors (Lipinski definition) is 4. The highest BCUT2D eigenvalue weighted by Gasteiger charge is 2.10. The first-order valence-corrected chi connectivity index (χ1v) is 6.20. The zero-order valence-corrected chi connectivity index (χ0v) is 11.5. The Labute approximate surface area is 117 Å². The molecule has 0 bridgehead atoms. The number of ether oxygens (including phenoxy) is 2. The van der Waals surface area contributed by atoms with Crippen molar-refractivity contribution < 1.29 is 19.4 Å². The second-order valence-electron chi connectivity index (χ2n) is 4.14. The van der Waals surface area contributed by atoms with Crippen LogP contribution in [0.1, 0.15) is 12.5 Å². The Kier molecular flexibility index (Phi) is 6.56. The second-order valence-corrected chi connectivity index (χ2v) is 4.55. The highest BCUT2D eigenvalue weighted by molar-refractivity contribution is 6.31. The molecule has 0 fully saturated rings. The lowest BCUT2D eigenvalue weighted by atomic mass is 10.2. The van der Waals surface area contributed by atoms with Crippen molar-refractivity contribution in [1.82, 2.24) is 0 Å². The molecule has 1 N–H and O–H groups in total. The number of aliphatic hydroxyl groups is 1. The number of aliphatic hydroxyl groups excluding tert-OH is 1. The molecule has 0 aliphatic carbocycles. The molecule has 1 atom stereocenters. The van der Waals surface area contributed by atoms with E-state index < -0.39 is 12.1 Å². The number of halogens is 1. The van der Waals surface area contributed by atoms with E-state index in [4.69, 9.17) is 21.1 Å². The fourth-order valence-corrected chi connectivity index (χ4v) is 1.45. The Bertz CT molecular complexity index is 445. The molecule has 0 aliphatic heterocycles. The minimum atomic E-state index is -0.870. The topological polar surface area (TPSA) is 55.8 Å². The quantitative estimate of drug-likeness (QED) is 0.617. The van der Waals surface area contributed by atoms with Gasteiger partial charge in [0.05, 0.1) is 13.2 Å². The third kappa shape index (κ3) is 5.87. The molecular weight excluding hydrogens is 268 g/mol. The predicted molar refractivity (Wildman–Crippen MR) is 72.9 cm³/mol. The number of carbonyl (C=O) groups is 1. The average molecular weight is 285 g/mol. The number of hydrogen-bond donors (Lipinski definition) is 1. The molecule has 0 saturated heterocycles. The standard InChI is InChI=1S/C14H17ClO4/c1-10(2)14(17)19-9-12(16)8-18-7-11-5-3-4-6-13(11)15/h3-6,12,16H,1,7-9H2,2H3. The smallest absolute Gasteiger partial charge is 0.333 e. The summed E-state index contributed by atoms with van der Waals surface area (Å²) in [6.45, 7) is 5.23. The molecule has 1 unspecified atom stereocenters. The zero-order valence-electron chi connectivity index (χ0n) is 10.8. The molecule has 0 radical (unpaired) electrons. The van der Waals surface area contributed by atoms with Gasteiger partial charge in [0.15, 0.2) is 0 Å². The van der Waals surface area contributed by atoms with Gasteiger partial charge >= 0.3 is 5.97 Å². The van der Waals surface area contributed by atoms with Crippen LogP contribution in [0.5, 0.6) is 0 Å². The second kappa shape index (κ2) is 7.94. The van der Waals surface area contributed by atoms with Crippen LogP contribution >= 0.6 is 11.6 Å². The van der Waals surface area contributed by atoms with Crippen molar-refractivity contribution in [3.05, 3.63) is 47.0 Å². The lowest BCUT2D eigenvalue weighted by Gasteiger charge is -2.12. The van der Waals surface area contributed by atoms with Gasteiger partial charge in [-0.2, -0.15) is 0 Å². The zero-order chi connectivity index (χ0) is 14.3. The Balaban J connectivity index is 2.24. The van der Waals surface area contributed by atoms with Gasteiger partial charge in [-0.1, -0.05) is 36.4 Å². The van der Waals surface area contributed by atoms with Crippen molar-refractivity contribution in [2.24, 2.45) is 0 Å². The van der Waals surface area contributed by atoms with Gasteiger partial charge in [0.25, 0.3) is 0 Å². The van der Waals surface area contributed by atoms with E-state index in [0.29, 0.717) is 17.2 Å². The Morgan fingerprint density at radius 2 is 2.11 bits per heavy atom. The third-order valence-electron chi connectivity index (χ3n) is 2.28. The maximum Gasteiger partial charge on any atom is 0.333 e. The van der Waals surface area contributed by atoms with Crippen molar-refractivity contribution in [1.29, 1.82) is 0 Å². The molecule has 4 nitrogen and oxygen atoms in total. The van der Waals surface area contributed by atoms with Gasteiger partial charge in [-0.05, 0) is 18.6 Å². The molecule has 1 aromatic rings. The highest BCUT2D eigenvalue weighted by atomic mass is 35.5. The van der Waals surface area contributed by atoms with Crippen LogP contribution in [0.2, 0.25) is 5.02 Å². The molecular formula is C14H17ClO4. The van der Waals surface area contributed by atoms with Crippen LogP contribution in [0.25, 0.3) is 0 Å². The summed E-state index contributed by atoms with van der Waals surface area (Å²) in [5, 5.41) is 10.2. The van der Waals surface area contributed by atoms with E-state index in [0.717, 1.165) is 5.56 Å². The fourth-order valence-electron chi connectivity index (χ4n) is 1.26. The SMILES string of the molecule is C=C(C)C(=O)OCC(O)COCc1ccccc1Cl. The molecule has 1 aromatic carbocycles. The van der Waals surface area contributed by atoms with E-state index in [1.165, 1.54) is 0 Å². The normalized spacial score (nSPS) is 11.9. The molecule has 0 spiro atoms. The number of esters is 1. The minimum absolute atomic E-state index is 0.0642.